The summed E-state index contributed by atoms with van der Waals surface area (Å²) in [5, 5.41) is 5.25. The number of nitrogens with one attached hydrogen (secondary N) is 3. The van der Waals surface area contributed by atoms with Crippen molar-refractivity contribution in [3.05, 3.63) is 23.8 Å². The standard InChI is InChI=1S/C17H25N3O4/c1-13-4-5-15(23-2)14(12-13)19-17(22)16(21)18-6-3-7-20-8-10-24-11-9-20/h4-5,12H,3,6-11H2,1-2H3,(H,18,21)(H,19,22)/p+1. The van der Waals surface area contributed by atoms with Crippen LogP contribution in [0.2, 0.25) is 0 Å². The number of hydrogen-bond acceptors (Lipinski definition) is 4. The highest BCUT2D eigenvalue weighted by atomic mass is 16.5. The van der Waals surface area contributed by atoms with E-state index in [9.17, 15) is 9.59 Å². The number of amides is 2. The molecule has 132 valence electrons. The number of aryl methyl sites for hydroxylation is 1. The number of ether oxygens (including phenoxy) is 2. The zero-order valence-corrected chi connectivity index (χ0v) is 14.3. The van der Waals surface area contributed by atoms with E-state index in [0.717, 1.165) is 44.8 Å². The Morgan fingerprint density at radius 3 is 2.71 bits per heavy atom. The molecule has 24 heavy (non-hydrogen) atoms. The molecule has 2 amide bonds. The van der Waals surface area contributed by atoms with Crippen LogP contribution in [0.1, 0.15) is 12.0 Å². The quantitative estimate of drug-likeness (QED) is 0.477. The molecule has 0 aromatic heterocycles. The summed E-state index contributed by atoms with van der Waals surface area (Å²) in [6.07, 6.45) is 0.835. The average Bonchev–Trinajstić information content (AvgIpc) is 2.59. The number of hydrogen-bond donors (Lipinski definition) is 3. The topological polar surface area (TPSA) is 81.1 Å². The van der Waals surface area contributed by atoms with Gasteiger partial charge in [-0.05, 0) is 24.6 Å². The van der Waals surface area contributed by atoms with Gasteiger partial charge in [-0.25, -0.2) is 0 Å². The highest BCUT2D eigenvalue weighted by Crippen LogP contribution is 2.24. The first kappa shape index (κ1) is 18.2. The van der Waals surface area contributed by atoms with Crippen molar-refractivity contribution in [2.45, 2.75) is 13.3 Å². The van der Waals surface area contributed by atoms with Gasteiger partial charge in [0.15, 0.2) is 0 Å². The van der Waals surface area contributed by atoms with Crippen molar-refractivity contribution < 1.29 is 24.0 Å². The summed E-state index contributed by atoms with van der Waals surface area (Å²) >= 11 is 0. The highest BCUT2D eigenvalue weighted by molar-refractivity contribution is 6.39. The highest BCUT2D eigenvalue weighted by Gasteiger charge is 2.17. The van der Waals surface area contributed by atoms with E-state index in [2.05, 4.69) is 10.6 Å². The van der Waals surface area contributed by atoms with Crippen LogP contribution in [0.4, 0.5) is 5.69 Å². The average molecular weight is 336 g/mol. The van der Waals surface area contributed by atoms with Gasteiger partial charge in [0.1, 0.15) is 18.8 Å². The molecule has 1 heterocycles. The molecule has 3 N–H and O–H groups in total. The Hall–Kier alpha value is -2.12. The molecule has 0 spiro atoms. The smallest absolute Gasteiger partial charge is 0.313 e. The number of carbonyl (C=O) groups is 2. The first-order chi connectivity index (χ1) is 11.6. The number of morpholine rings is 1. The Balaban J connectivity index is 1.74. The molecule has 1 saturated heterocycles. The van der Waals surface area contributed by atoms with Gasteiger partial charge in [0.05, 0.1) is 32.6 Å². The SMILES string of the molecule is COc1ccc(C)cc1NC(=O)C(=O)NCCC[NH+]1CCOCC1. The molecular formula is C17H26N3O4+. The maximum atomic E-state index is 12.0. The second-order valence-corrected chi connectivity index (χ2v) is 5.88. The van der Waals surface area contributed by atoms with Gasteiger partial charge in [0, 0.05) is 13.0 Å². The van der Waals surface area contributed by atoms with Crippen molar-refractivity contribution in [1.82, 2.24) is 5.32 Å². The van der Waals surface area contributed by atoms with Crippen LogP contribution in [0.5, 0.6) is 5.75 Å². The third kappa shape index (κ3) is 5.50. The maximum absolute atomic E-state index is 12.0. The first-order valence-electron chi connectivity index (χ1n) is 8.25. The molecule has 1 aliphatic rings. The van der Waals surface area contributed by atoms with Crippen LogP contribution in [0.25, 0.3) is 0 Å². The summed E-state index contributed by atoms with van der Waals surface area (Å²) in [6, 6.07) is 5.41. The molecular weight excluding hydrogens is 310 g/mol. The monoisotopic (exact) mass is 336 g/mol. The van der Waals surface area contributed by atoms with E-state index < -0.39 is 11.8 Å². The van der Waals surface area contributed by atoms with E-state index in [-0.39, 0.29) is 0 Å². The number of quaternary nitrogens is 1. The molecule has 0 radical (unpaired) electrons. The molecule has 0 atom stereocenters. The minimum atomic E-state index is -0.683. The molecule has 7 heteroatoms. The number of methoxy groups -OCH3 is 1. The summed E-state index contributed by atoms with van der Waals surface area (Å²) in [6.45, 7) is 6.95. The van der Waals surface area contributed by atoms with Crippen molar-refractivity contribution in [3.8, 4) is 5.75 Å². The summed E-state index contributed by atoms with van der Waals surface area (Å²) in [7, 11) is 1.52. The van der Waals surface area contributed by atoms with E-state index in [0.29, 0.717) is 18.0 Å². The molecule has 0 bridgehead atoms. The molecule has 1 fully saturated rings. The number of benzene rings is 1. The number of anilines is 1. The second-order valence-electron chi connectivity index (χ2n) is 5.88. The molecule has 7 nitrogen and oxygen atoms in total. The van der Waals surface area contributed by atoms with Crippen LogP contribution in [-0.4, -0.2) is 58.3 Å². The minimum Gasteiger partial charge on any atom is -0.495 e. The fourth-order valence-electron chi connectivity index (χ4n) is 2.63. The van der Waals surface area contributed by atoms with Crippen LogP contribution >= 0.6 is 0 Å². The van der Waals surface area contributed by atoms with Gasteiger partial charge in [-0.2, -0.15) is 0 Å². The van der Waals surface area contributed by atoms with E-state index in [1.807, 2.05) is 13.0 Å². The van der Waals surface area contributed by atoms with Crippen molar-refractivity contribution >= 4 is 17.5 Å². The maximum Gasteiger partial charge on any atom is 0.313 e. The van der Waals surface area contributed by atoms with Gasteiger partial charge in [-0.15, -0.1) is 0 Å². The fraction of sp³-hybridized carbons (Fsp3) is 0.529. The predicted molar refractivity (Wildman–Crippen MR) is 90.4 cm³/mol. The molecule has 0 aliphatic carbocycles. The fourth-order valence-corrected chi connectivity index (χ4v) is 2.63. The van der Waals surface area contributed by atoms with E-state index in [4.69, 9.17) is 9.47 Å². The van der Waals surface area contributed by atoms with Crippen LogP contribution in [0, 0.1) is 6.92 Å². The van der Waals surface area contributed by atoms with E-state index in [1.165, 1.54) is 12.0 Å². The number of carbonyl (C=O) groups excluding carboxylic acids is 2. The van der Waals surface area contributed by atoms with Gasteiger partial charge >= 0.3 is 11.8 Å². The van der Waals surface area contributed by atoms with Crippen molar-refractivity contribution in [1.29, 1.82) is 0 Å². The summed E-state index contributed by atoms with van der Waals surface area (Å²) in [5.74, 6) is -0.786. The molecule has 1 aromatic carbocycles. The van der Waals surface area contributed by atoms with E-state index in [1.54, 1.807) is 12.1 Å². The Morgan fingerprint density at radius 2 is 2.00 bits per heavy atom. The van der Waals surface area contributed by atoms with Gasteiger partial charge in [-0.1, -0.05) is 6.07 Å². The lowest BCUT2D eigenvalue weighted by molar-refractivity contribution is -0.908. The van der Waals surface area contributed by atoms with Gasteiger partial charge in [0.2, 0.25) is 0 Å². The lowest BCUT2D eigenvalue weighted by Crippen LogP contribution is -3.14. The zero-order chi connectivity index (χ0) is 17.4. The molecule has 1 aliphatic heterocycles. The number of rotatable bonds is 6. The Labute approximate surface area is 142 Å². The summed E-state index contributed by atoms with van der Waals surface area (Å²) in [4.78, 5) is 25.4. The van der Waals surface area contributed by atoms with Crippen LogP contribution in [0.15, 0.2) is 18.2 Å². The minimum absolute atomic E-state index is 0.488. The first-order valence-corrected chi connectivity index (χ1v) is 8.25. The van der Waals surface area contributed by atoms with Crippen molar-refractivity contribution in [2.24, 2.45) is 0 Å². The molecule has 0 unspecified atom stereocenters. The Morgan fingerprint density at radius 1 is 1.25 bits per heavy atom. The summed E-state index contributed by atoms with van der Waals surface area (Å²) in [5.41, 5.74) is 1.47. The van der Waals surface area contributed by atoms with Crippen molar-refractivity contribution in [3.63, 3.8) is 0 Å². The lowest BCUT2D eigenvalue weighted by Gasteiger charge is -2.23. The largest absolute Gasteiger partial charge is 0.495 e. The molecule has 2 rings (SSSR count). The normalized spacial score (nSPS) is 14.9. The van der Waals surface area contributed by atoms with Crippen LogP contribution in [0.3, 0.4) is 0 Å². The van der Waals surface area contributed by atoms with Gasteiger partial charge in [0.25, 0.3) is 0 Å². The third-order valence-electron chi connectivity index (χ3n) is 4.00. The van der Waals surface area contributed by atoms with Gasteiger partial charge in [-0.3, -0.25) is 9.59 Å². The summed E-state index contributed by atoms with van der Waals surface area (Å²) < 4.78 is 10.5. The lowest BCUT2D eigenvalue weighted by atomic mass is 10.2. The van der Waals surface area contributed by atoms with Crippen LogP contribution in [-0.2, 0) is 14.3 Å². The second kappa shape index (κ2) is 9.24. The van der Waals surface area contributed by atoms with E-state index >= 15 is 0 Å². The van der Waals surface area contributed by atoms with Crippen molar-refractivity contribution in [2.75, 3.05) is 51.8 Å². The van der Waals surface area contributed by atoms with Crippen LogP contribution < -0.4 is 20.3 Å². The Bertz CT molecular complexity index is 571. The Kier molecular flexibility index (Phi) is 7.02. The molecule has 0 saturated carbocycles. The zero-order valence-electron chi connectivity index (χ0n) is 14.3. The van der Waals surface area contributed by atoms with Gasteiger partial charge < -0.3 is 25.0 Å². The molecule has 1 aromatic rings. The third-order valence-corrected chi connectivity index (χ3v) is 4.00. The predicted octanol–water partition coefficient (Wildman–Crippen LogP) is -0.636.